The average Bonchev–Trinajstić information content (AvgIpc) is 3.01. The highest BCUT2D eigenvalue weighted by atomic mass is 16.3. The Kier molecular flexibility index (Phi) is 5.77. The Hall–Kier alpha value is -0.610. The standard InChI is InChI=1S/C12H24N2O2/c1-10(2)14(7-3-9-15)8-6-12(16)13-11-4-5-11/h10-11,15H,3-9H2,1-2H3,(H,13,16). The highest BCUT2D eigenvalue weighted by Crippen LogP contribution is 2.18. The molecule has 1 saturated carbocycles. The molecule has 0 aromatic carbocycles. The minimum Gasteiger partial charge on any atom is -0.396 e. The molecular formula is C12H24N2O2. The van der Waals surface area contributed by atoms with Crippen LogP contribution in [-0.4, -0.2) is 47.7 Å². The van der Waals surface area contributed by atoms with Gasteiger partial charge in [0, 0.05) is 38.2 Å². The molecule has 0 unspecified atom stereocenters. The molecule has 1 aliphatic carbocycles. The van der Waals surface area contributed by atoms with E-state index in [0.29, 0.717) is 18.5 Å². The first-order chi connectivity index (χ1) is 7.63. The van der Waals surface area contributed by atoms with Crippen LogP contribution in [0.15, 0.2) is 0 Å². The van der Waals surface area contributed by atoms with Crippen molar-refractivity contribution in [2.75, 3.05) is 19.7 Å². The number of nitrogens with zero attached hydrogens (tertiary/aromatic N) is 1. The van der Waals surface area contributed by atoms with Crippen molar-refractivity contribution in [3.8, 4) is 0 Å². The number of rotatable bonds is 8. The quantitative estimate of drug-likeness (QED) is 0.644. The Balaban J connectivity index is 2.16. The van der Waals surface area contributed by atoms with Gasteiger partial charge < -0.3 is 15.3 Å². The molecule has 0 aliphatic heterocycles. The molecule has 0 bridgehead atoms. The molecule has 1 rings (SSSR count). The molecule has 1 amide bonds. The van der Waals surface area contributed by atoms with Crippen LogP contribution < -0.4 is 5.32 Å². The molecule has 4 nitrogen and oxygen atoms in total. The largest absolute Gasteiger partial charge is 0.396 e. The highest BCUT2D eigenvalue weighted by Gasteiger charge is 2.23. The minimum atomic E-state index is 0.164. The van der Waals surface area contributed by atoms with Crippen LogP contribution in [0.3, 0.4) is 0 Å². The molecule has 0 radical (unpaired) electrons. The van der Waals surface area contributed by atoms with Crippen LogP contribution in [0.1, 0.15) is 39.5 Å². The van der Waals surface area contributed by atoms with Crippen molar-refractivity contribution in [1.29, 1.82) is 0 Å². The lowest BCUT2D eigenvalue weighted by Gasteiger charge is -2.25. The van der Waals surface area contributed by atoms with Crippen LogP contribution >= 0.6 is 0 Å². The molecule has 4 heteroatoms. The van der Waals surface area contributed by atoms with Crippen LogP contribution in [0, 0.1) is 0 Å². The van der Waals surface area contributed by atoms with Crippen molar-refractivity contribution >= 4 is 5.91 Å². The normalized spacial score (nSPS) is 15.8. The predicted octanol–water partition coefficient (Wildman–Crippen LogP) is 0.748. The second kappa shape index (κ2) is 6.86. The van der Waals surface area contributed by atoms with E-state index in [1.807, 2.05) is 0 Å². The molecule has 0 aromatic heterocycles. The zero-order valence-electron chi connectivity index (χ0n) is 10.4. The summed E-state index contributed by atoms with van der Waals surface area (Å²) in [5, 5.41) is 11.8. The summed E-state index contributed by atoms with van der Waals surface area (Å²) in [5.74, 6) is 0.164. The lowest BCUT2D eigenvalue weighted by atomic mass is 10.2. The molecular weight excluding hydrogens is 204 g/mol. The Labute approximate surface area is 98.0 Å². The molecule has 2 N–H and O–H groups in total. The lowest BCUT2D eigenvalue weighted by molar-refractivity contribution is -0.121. The first-order valence-electron chi connectivity index (χ1n) is 6.27. The van der Waals surface area contributed by atoms with Crippen LogP contribution in [0.5, 0.6) is 0 Å². The van der Waals surface area contributed by atoms with E-state index in [0.717, 1.165) is 32.4 Å². The molecule has 0 aromatic rings. The van der Waals surface area contributed by atoms with Gasteiger partial charge in [-0.15, -0.1) is 0 Å². The van der Waals surface area contributed by atoms with Crippen molar-refractivity contribution in [1.82, 2.24) is 10.2 Å². The van der Waals surface area contributed by atoms with Crippen molar-refractivity contribution in [2.24, 2.45) is 0 Å². The van der Waals surface area contributed by atoms with Gasteiger partial charge in [0.15, 0.2) is 0 Å². The third-order valence-corrected chi connectivity index (χ3v) is 2.90. The van der Waals surface area contributed by atoms with E-state index in [9.17, 15) is 4.79 Å². The number of aliphatic hydroxyl groups is 1. The van der Waals surface area contributed by atoms with E-state index in [4.69, 9.17) is 5.11 Å². The summed E-state index contributed by atoms with van der Waals surface area (Å²) >= 11 is 0. The first kappa shape index (κ1) is 13.5. The number of nitrogens with one attached hydrogen (secondary N) is 1. The van der Waals surface area contributed by atoms with Gasteiger partial charge in [-0.1, -0.05) is 0 Å². The van der Waals surface area contributed by atoms with Crippen LogP contribution in [0.25, 0.3) is 0 Å². The third-order valence-electron chi connectivity index (χ3n) is 2.90. The van der Waals surface area contributed by atoms with Gasteiger partial charge >= 0.3 is 0 Å². The molecule has 94 valence electrons. The Morgan fingerprint density at radius 3 is 2.62 bits per heavy atom. The number of hydrogen-bond donors (Lipinski definition) is 2. The molecule has 0 spiro atoms. The van der Waals surface area contributed by atoms with Crippen molar-refractivity contribution < 1.29 is 9.90 Å². The number of aliphatic hydroxyl groups excluding tert-OH is 1. The maximum Gasteiger partial charge on any atom is 0.221 e. The van der Waals surface area contributed by atoms with Gasteiger partial charge in [0.1, 0.15) is 0 Å². The molecule has 16 heavy (non-hydrogen) atoms. The first-order valence-corrected chi connectivity index (χ1v) is 6.27. The fourth-order valence-corrected chi connectivity index (χ4v) is 1.67. The molecule has 0 saturated heterocycles. The molecule has 1 aliphatic rings. The summed E-state index contributed by atoms with van der Waals surface area (Å²) < 4.78 is 0. The number of carbonyl (C=O) groups is 1. The fourth-order valence-electron chi connectivity index (χ4n) is 1.67. The number of amides is 1. The third kappa shape index (κ3) is 5.47. The van der Waals surface area contributed by atoms with E-state index >= 15 is 0 Å². The van der Waals surface area contributed by atoms with Gasteiger partial charge in [-0.05, 0) is 33.1 Å². The monoisotopic (exact) mass is 228 g/mol. The molecule has 0 atom stereocenters. The minimum absolute atomic E-state index is 0.164. The van der Waals surface area contributed by atoms with E-state index in [1.54, 1.807) is 0 Å². The summed E-state index contributed by atoms with van der Waals surface area (Å²) in [6.45, 7) is 6.12. The van der Waals surface area contributed by atoms with E-state index in [-0.39, 0.29) is 12.5 Å². The van der Waals surface area contributed by atoms with Gasteiger partial charge in [-0.25, -0.2) is 0 Å². The van der Waals surface area contributed by atoms with Crippen molar-refractivity contribution in [2.45, 2.75) is 51.6 Å². The second-order valence-electron chi connectivity index (χ2n) is 4.80. The number of hydrogen-bond acceptors (Lipinski definition) is 3. The van der Waals surface area contributed by atoms with Gasteiger partial charge in [0.05, 0.1) is 0 Å². The van der Waals surface area contributed by atoms with Crippen LogP contribution in [0.2, 0.25) is 0 Å². The SMILES string of the molecule is CC(C)N(CCCO)CCC(=O)NC1CC1. The van der Waals surface area contributed by atoms with Crippen LogP contribution in [-0.2, 0) is 4.79 Å². The second-order valence-corrected chi connectivity index (χ2v) is 4.80. The topological polar surface area (TPSA) is 52.6 Å². The Morgan fingerprint density at radius 2 is 2.12 bits per heavy atom. The average molecular weight is 228 g/mol. The zero-order valence-corrected chi connectivity index (χ0v) is 10.4. The smallest absolute Gasteiger partial charge is 0.221 e. The highest BCUT2D eigenvalue weighted by molar-refractivity contribution is 5.76. The maximum atomic E-state index is 11.5. The number of carbonyl (C=O) groups excluding carboxylic acids is 1. The van der Waals surface area contributed by atoms with E-state index < -0.39 is 0 Å². The van der Waals surface area contributed by atoms with Crippen LogP contribution in [0.4, 0.5) is 0 Å². The summed E-state index contributed by atoms with van der Waals surface area (Å²) in [5.41, 5.74) is 0. The van der Waals surface area contributed by atoms with E-state index in [2.05, 4.69) is 24.1 Å². The summed E-state index contributed by atoms with van der Waals surface area (Å²) in [4.78, 5) is 13.7. The summed E-state index contributed by atoms with van der Waals surface area (Å²) in [6, 6.07) is 0.887. The predicted molar refractivity (Wildman–Crippen MR) is 64.2 cm³/mol. The summed E-state index contributed by atoms with van der Waals surface area (Å²) in [7, 11) is 0. The Bertz CT molecular complexity index is 215. The molecule has 1 fully saturated rings. The van der Waals surface area contributed by atoms with Gasteiger partial charge in [-0.2, -0.15) is 0 Å². The zero-order chi connectivity index (χ0) is 12.0. The van der Waals surface area contributed by atoms with Gasteiger partial charge in [-0.3, -0.25) is 4.79 Å². The fraction of sp³-hybridized carbons (Fsp3) is 0.917. The lowest BCUT2D eigenvalue weighted by Crippen LogP contribution is -2.36. The van der Waals surface area contributed by atoms with Gasteiger partial charge in [0.25, 0.3) is 0 Å². The Morgan fingerprint density at radius 1 is 1.44 bits per heavy atom. The summed E-state index contributed by atoms with van der Waals surface area (Å²) in [6.07, 6.45) is 3.64. The maximum absolute atomic E-state index is 11.5. The molecule has 0 heterocycles. The van der Waals surface area contributed by atoms with Crippen molar-refractivity contribution in [3.05, 3.63) is 0 Å². The van der Waals surface area contributed by atoms with Crippen molar-refractivity contribution in [3.63, 3.8) is 0 Å². The van der Waals surface area contributed by atoms with Gasteiger partial charge in [0.2, 0.25) is 5.91 Å². The van der Waals surface area contributed by atoms with E-state index in [1.165, 1.54) is 0 Å².